The molecular weight excluding hydrogens is 304 g/mol. The minimum absolute atomic E-state index is 0.449. The van der Waals surface area contributed by atoms with Gasteiger partial charge in [0.1, 0.15) is 5.75 Å². The smallest absolute Gasteiger partial charge is 0.338 e. The van der Waals surface area contributed by atoms with Crippen LogP contribution < -0.4 is 15.5 Å². The molecular formula is C18H19N4O2. The van der Waals surface area contributed by atoms with E-state index in [1.54, 1.807) is 18.3 Å². The van der Waals surface area contributed by atoms with Gasteiger partial charge < -0.3 is 10.5 Å². The van der Waals surface area contributed by atoms with Crippen molar-refractivity contribution in [2.24, 2.45) is 5.73 Å². The quantitative estimate of drug-likeness (QED) is 0.922. The number of carbonyl (C=O) groups excluding carboxylic acids is 1. The summed E-state index contributed by atoms with van der Waals surface area (Å²) < 4.78 is 5.34. The molecule has 0 unspecified atom stereocenters. The standard InChI is InChI=1S/C18H19N4O2/c1-24-13-6-7-15-14(10-13)17(8-9-20-15)21-11-12-4-2-3-5-16(12)22(21)18(19)23/h2,6-10H,3-5,11H2,1H3,(H2,19,23). The van der Waals surface area contributed by atoms with Crippen molar-refractivity contribution < 1.29 is 9.53 Å². The molecule has 1 aliphatic carbocycles. The van der Waals surface area contributed by atoms with Crippen LogP contribution in [0.3, 0.4) is 0 Å². The summed E-state index contributed by atoms with van der Waals surface area (Å²) in [5.74, 6) is 0.757. The van der Waals surface area contributed by atoms with Gasteiger partial charge in [-0.15, -0.1) is 0 Å². The Morgan fingerprint density at radius 1 is 1.33 bits per heavy atom. The summed E-state index contributed by atoms with van der Waals surface area (Å²) in [6.07, 6.45) is 6.74. The Bertz CT molecular complexity index is 846. The fraction of sp³-hybridized carbons (Fsp3) is 0.278. The van der Waals surface area contributed by atoms with Gasteiger partial charge in [-0.3, -0.25) is 9.99 Å². The van der Waals surface area contributed by atoms with Crippen molar-refractivity contribution in [3.63, 3.8) is 0 Å². The summed E-state index contributed by atoms with van der Waals surface area (Å²) in [7, 11) is 1.64. The monoisotopic (exact) mass is 323 g/mol. The number of hydrazine groups is 1. The number of hydrogen-bond donors (Lipinski definition) is 1. The highest BCUT2D eigenvalue weighted by Gasteiger charge is 2.35. The molecule has 2 heterocycles. The van der Waals surface area contributed by atoms with E-state index in [0.717, 1.165) is 47.3 Å². The lowest BCUT2D eigenvalue weighted by atomic mass is 9.97. The number of pyridine rings is 1. The molecule has 0 saturated carbocycles. The second-order valence-corrected chi connectivity index (χ2v) is 6.00. The van der Waals surface area contributed by atoms with Crippen LogP contribution in [0.1, 0.15) is 19.3 Å². The van der Waals surface area contributed by atoms with E-state index in [1.165, 1.54) is 5.57 Å². The predicted octanol–water partition coefficient (Wildman–Crippen LogP) is 3.00. The molecule has 6 nitrogen and oxygen atoms in total. The molecule has 0 saturated heterocycles. The number of benzene rings is 1. The zero-order valence-electron chi connectivity index (χ0n) is 13.5. The van der Waals surface area contributed by atoms with Gasteiger partial charge in [-0.2, -0.15) is 0 Å². The Hall–Kier alpha value is -2.76. The van der Waals surface area contributed by atoms with Gasteiger partial charge in [-0.05, 0) is 55.5 Å². The largest absolute Gasteiger partial charge is 0.497 e. The number of primary amides is 1. The topological polar surface area (TPSA) is 71.7 Å². The zero-order valence-corrected chi connectivity index (χ0v) is 13.5. The molecule has 6 heteroatoms. The Kier molecular flexibility index (Phi) is 3.52. The Labute approximate surface area is 140 Å². The number of amides is 2. The molecule has 2 aliphatic rings. The van der Waals surface area contributed by atoms with Crippen LogP contribution in [0, 0.1) is 6.42 Å². The van der Waals surface area contributed by atoms with Crippen molar-refractivity contribution in [1.82, 2.24) is 9.99 Å². The molecule has 24 heavy (non-hydrogen) atoms. The highest BCUT2D eigenvalue weighted by Crippen LogP contribution is 2.39. The number of urea groups is 1. The molecule has 4 rings (SSSR count). The molecule has 2 aromatic rings. The summed E-state index contributed by atoms with van der Waals surface area (Å²) >= 11 is 0. The predicted molar refractivity (Wildman–Crippen MR) is 92.2 cm³/mol. The number of hydrogen-bond acceptors (Lipinski definition) is 4. The Morgan fingerprint density at radius 3 is 3.00 bits per heavy atom. The molecule has 0 atom stereocenters. The average molecular weight is 323 g/mol. The molecule has 1 aromatic heterocycles. The van der Waals surface area contributed by atoms with E-state index in [2.05, 4.69) is 11.4 Å². The van der Waals surface area contributed by atoms with E-state index < -0.39 is 6.03 Å². The molecule has 2 amide bonds. The second kappa shape index (κ2) is 5.70. The van der Waals surface area contributed by atoms with Gasteiger partial charge >= 0.3 is 6.03 Å². The van der Waals surface area contributed by atoms with Gasteiger partial charge in [-0.25, -0.2) is 9.80 Å². The van der Waals surface area contributed by atoms with E-state index in [4.69, 9.17) is 10.5 Å². The third-order valence-electron chi connectivity index (χ3n) is 4.63. The van der Waals surface area contributed by atoms with Gasteiger partial charge in [0.2, 0.25) is 0 Å². The number of nitrogens with zero attached hydrogens (tertiary/aromatic N) is 3. The SMILES string of the molecule is COc1ccc2nccc(N3CC4=C(CC[CH]C4)N3C(N)=O)c2c1. The minimum Gasteiger partial charge on any atom is -0.497 e. The van der Waals surface area contributed by atoms with E-state index in [0.29, 0.717) is 6.54 Å². The number of rotatable bonds is 2. The van der Waals surface area contributed by atoms with Gasteiger partial charge in [0, 0.05) is 17.3 Å². The first kappa shape index (κ1) is 14.8. The van der Waals surface area contributed by atoms with Crippen LogP contribution >= 0.6 is 0 Å². The maximum absolute atomic E-state index is 12.1. The number of fused-ring (bicyclic) bond motifs is 1. The summed E-state index contributed by atoms with van der Waals surface area (Å²) in [6, 6.07) is 7.21. The lowest BCUT2D eigenvalue weighted by molar-refractivity contribution is 0.219. The molecule has 1 aromatic carbocycles. The number of carbonyl (C=O) groups is 1. The molecule has 1 radical (unpaired) electrons. The Balaban J connectivity index is 1.83. The number of methoxy groups -OCH3 is 1. The van der Waals surface area contributed by atoms with Gasteiger partial charge in [0.25, 0.3) is 0 Å². The van der Waals surface area contributed by atoms with Gasteiger partial charge in [0.15, 0.2) is 0 Å². The number of aromatic nitrogens is 1. The van der Waals surface area contributed by atoms with Crippen molar-refractivity contribution in [3.05, 3.63) is 48.2 Å². The Morgan fingerprint density at radius 2 is 2.21 bits per heavy atom. The summed E-state index contributed by atoms with van der Waals surface area (Å²) in [5, 5.41) is 4.51. The van der Waals surface area contributed by atoms with Crippen molar-refractivity contribution in [1.29, 1.82) is 0 Å². The maximum Gasteiger partial charge on any atom is 0.338 e. The van der Waals surface area contributed by atoms with E-state index in [9.17, 15) is 4.79 Å². The van der Waals surface area contributed by atoms with Crippen molar-refractivity contribution in [2.75, 3.05) is 18.7 Å². The first-order valence-corrected chi connectivity index (χ1v) is 8.01. The summed E-state index contributed by atoms with van der Waals surface area (Å²) in [5.41, 5.74) is 9.76. The van der Waals surface area contributed by atoms with Crippen molar-refractivity contribution in [2.45, 2.75) is 19.3 Å². The molecule has 123 valence electrons. The highest BCUT2D eigenvalue weighted by atomic mass is 16.5. The van der Waals surface area contributed by atoms with Gasteiger partial charge in [-0.1, -0.05) is 0 Å². The summed E-state index contributed by atoms with van der Waals surface area (Å²) in [4.78, 5) is 16.5. The molecule has 0 spiro atoms. The normalized spacial score (nSPS) is 17.4. The number of anilines is 1. The number of allylic oxidation sites excluding steroid dienone is 1. The first-order chi connectivity index (χ1) is 11.7. The van der Waals surface area contributed by atoms with Crippen LogP contribution in [0.5, 0.6) is 5.75 Å². The number of ether oxygens (including phenoxy) is 1. The zero-order chi connectivity index (χ0) is 16.7. The third kappa shape index (κ3) is 2.26. The number of nitrogens with two attached hydrogens (primary N) is 1. The first-order valence-electron chi connectivity index (χ1n) is 8.01. The molecule has 0 fully saturated rings. The second-order valence-electron chi connectivity index (χ2n) is 6.00. The van der Waals surface area contributed by atoms with Crippen LogP contribution in [0.4, 0.5) is 10.5 Å². The van der Waals surface area contributed by atoms with Crippen LogP contribution in [0.25, 0.3) is 10.9 Å². The molecule has 1 aliphatic heterocycles. The van der Waals surface area contributed by atoms with Crippen molar-refractivity contribution >= 4 is 22.6 Å². The maximum atomic E-state index is 12.1. The van der Waals surface area contributed by atoms with Crippen LogP contribution in [-0.4, -0.2) is 29.7 Å². The van der Waals surface area contributed by atoms with E-state index in [1.807, 2.05) is 29.3 Å². The molecule has 0 bridgehead atoms. The van der Waals surface area contributed by atoms with E-state index >= 15 is 0 Å². The van der Waals surface area contributed by atoms with E-state index in [-0.39, 0.29) is 0 Å². The van der Waals surface area contributed by atoms with Crippen LogP contribution in [-0.2, 0) is 0 Å². The lowest BCUT2D eigenvalue weighted by Gasteiger charge is -2.31. The van der Waals surface area contributed by atoms with Gasteiger partial charge in [0.05, 0.1) is 24.9 Å². The highest BCUT2D eigenvalue weighted by molar-refractivity contribution is 5.94. The fourth-order valence-electron chi connectivity index (χ4n) is 3.53. The summed E-state index contributed by atoms with van der Waals surface area (Å²) in [6.45, 7) is 0.672. The fourth-order valence-corrected chi connectivity index (χ4v) is 3.53. The van der Waals surface area contributed by atoms with Crippen LogP contribution in [0.15, 0.2) is 41.7 Å². The van der Waals surface area contributed by atoms with Crippen molar-refractivity contribution in [3.8, 4) is 5.75 Å². The average Bonchev–Trinajstić information content (AvgIpc) is 3.00. The molecule has 2 N–H and O–H groups in total. The third-order valence-corrected chi connectivity index (χ3v) is 4.63. The lowest BCUT2D eigenvalue weighted by Crippen LogP contribution is -2.45. The minimum atomic E-state index is -0.449. The van der Waals surface area contributed by atoms with Crippen LogP contribution in [0.2, 0.25) is 0 Å².